The Hall–Kier alpha value is -3.02. The Kier molecular flexibility index (Phi) is 8.75. The summed E-state index contributed by atoms with van der Waals surface area (Å²) >= 11 is 0. The second kappa shape index (κ2) is 11.7. The number of aryl methyl sites for hydroxylation is 2. The van der Waals surface area contributed by atoms with E-state index in [1.54, 1.807) is 12.0 Å². The molecule has 6 nitrogen and oxygen atoms in total. The number of hydrogen-bond acceptors (Lipinski definition) is 4. The fourth-order valence-corrected chi connectivity index (χ4v) is 4.29. The van der Waals surface area contributed by atoms with Crippen LogP contribution >= 0.6 is 0 Å². The number of ether oxygens (including phenoxy) is 2. The topological polar surface area (TPSA) is 67.9 Å². The van der Waals surface area contributed by atoms with Gasteiger partial charge in [0.15, 0.2) is 6.61 Å². The quantitative estimate of drug-likeness (QED) is 0.574. The first-order chi connectivity index (χ1) is 15.9. The number of nitrogens with one attached hydrogen (secondary N) is 1. The summed E-state index contributed by atoms with van der Waals surface area (Å²) < 4.78 is 11.2. The van der Waals surface area contributed by atoms with Gasteiger partial charge in [-0.3, -0.25) is 9.59 Å². The summed E-state index contributed by atoms with van der Waals surface area (Å²) in [5.74, 6) is 1.06. The lowest BCUT2D eigenvalue weighted by Gasteiger charge is -2.31. The van der Waals surface area contributed by atoms with Crippen molar-refractivity contribution in [1.29, 1.82) is 0 Å². The Bertz CT molecular complexity index is 953. The molecular weight excluding hydrogens is 416 g/mol. The number of rotatable bonds is 10. The Morgan fingerprint density at radius 3 is 2.48 bits per heavy atom. The van der Waals surface area contributed by atoms with Crippen LogP contribution in [0.25, 0.3) is 0 Å². The third-order valence-electron chi connectivity index (χ3n) is 6.42. The van der Waals surface area contributed by atoms with E-state index in [1.165, 1.54) is 5.56 Å². The zero-order chi connectivity index (χ0) is 23.8. The molecule has 0 heterocycles. The summed E-state index contributed by atoms with van der Waals surface area (Å²) in [6.07, 6.45) is 4.80. The number of carbonyl (C=O) groups is 2. The number of methoxy groups -OCH3 is 1. The van der Waals surface area contributed by atoms with E-state index < -0.39 is 6.04 Å². The van der Waals surface area contributed by atoms with Crippen LogP contribution in [0.4, 0.5) is 0 Å². The van der Waals surface area contributed by atoms with Gasteiger partial charge in [-0.15, -0.1) is 0 Å². The molecule has 0 aromatic heterocycles. The van der Waals surface area contributed by atoms with Crippen molar-refractivity contribution >= 4 is 11.8 Å². The number of hydrogen-bond donors (Lipinski definition) is 1. The van der Waals surface area contributed by atoms with Crippen LogP contribution in [0, 0.1) is 13.8 Å². The molecule has 1 N–H and O–H groups in total. The summed E-state index contributed by atoms with van der Waals surface area (Å²) in [5, 5.41) is 3.16. The Morgan fingerprint density at radius 1 is 1.06 bits per heavy atom. The second-order valence-electron chi connectivity index (χ2n) is 8.82. The molecule has 2 aromatic rings. The number of amides is 2. The minimum Gasteiger partial charge on any atom is -0.497 e. The van der Waals surface area contributed by atoms with Crippen molar-refractivity contribution in [2.75, 3.05) is 13.7 Å². The largest absolute Gasteiger partial charge is 0.497 e. The highest BCUT2D eigenvalue weighted by molar-refractivity contribution is 5.88. The molecule has 178 valence electrons. The Labute approximate surface area is 197 Å². The highest BCUT2D eigenvalue weighted by atomic mass is 16.5. The molecule has 2 amide bonds. The minimum atomic E-state index is -0.562. The van der Waals surface area contributed by atoms with Gasteiger partial charge in [-0.25, -0.2) is 0 Å². The zero-order valence-electron chi connectivity index (χ0n) is 20.2. The van der Waals surface area contributed by atoms with Crippen molar-refractivity contribution in [3.63, 3.8) is 0 Å². The van der Waals surface area contributed by atoms with Gasteiger partial charge >= 0.3 is 0 Å². The summed E-state index contributed by atoms with van der Waals surface area (Å²) in [6.45, 7) is 6.17. The van der Waals surface area contributed by atoms with Crippen LogP contribution in [0.2, 0.25) is 0 Å². The second-order valence-corrected chi connectivity index (χ2v) is 8.82. The predicted molar refractivity (Wildman–Crippen MR) is 129 cm³/mol. The molecule has 2 aromatic carbocycles. The van der Waals surface area contributed by atoms with Gasteiger partial charge in [-0.1, -0.05) is 38.0 Å². The summed E-state index contributed by atoms with van der Waals surface area (Å²) in [5.41, 5.74) is 3.18. The van der Waals surface area contributed by atoms with E-state index in [1.807, 2.05) is 63.2 Å². The molecule has 1 aliphatic carbocycles. The highest BCUT2D eigenvalue weighted by Gasteiger charge is 2.31. The molecule has 1 fully saturated rings. The van der Waals surface area contributed by atoms with Crippen molar-refractivity contribution in [3.05, 3.63) is 59.2 Å². The maximum atomic E-state index is 13.4. The normalized spacial score (nSPS) is 14.5. The van der Waals surface area contributed by atoms with Crippen molar-refractivity contribution < 1.29 is 19.1 Å². The van der Waals surface area contributed by atoms with E-state index in [4.69, 9.17) is 9.47 Å². The average molecular weight is 453 g/mol. The first-order valence-corrected chi connectivity index (χ1v) is 11.8. The monoisotopic (exact) mass is 452 g/mol. The molecule has 1 atom stereocenters. The Balaban J connectivity index is 1.78. The molecule has 0 radical (unpaired) electrons. The predicted octanol–water partition coefficient (Wildman–Crippen LogP) is 4.56. The van der Waals surface area contributed by atoms with Gasteiger partial charge in [-0.2, -0.15) is 0 Å². The minimum absolute atomic E-state index is 0.0909. The van der Waals surface area contributed by atoms with Gasteiger partial charge in [0.2, 0.25) is 5.91 Å². The molecule has 6 heteroatoms. The smallest absolute Gasteiger partial charge is 0.261 e. The molecular formula is C27H36N2O4. The van der Waals surface area contributed by atoms with Gasteiger partial charge < -0.3 is 19.7 Å². The van der Waals surface area contributed by atoms with Gasteiger partial charge in [0.1, 0.15) is 17.5 Å². The molecule has 1 saturated carbocycles. The van der Waals surface area contributed by atoms with E-state index in [2.05, 4.69) is 5.32 Å². The van der Waals surface area contributed by atoms with Crippen molar-refractivity contribution in [2.24, 2.45) is 0 Å². The molecule has 3 rings (SSSR count). The van der Waals surface area contributed by atoms with E-state index >= 15 is 0 Å². The number of nitrogens with zero attached hydrogens (tertiary/aromatic N) is 1. The van der Waals surface area contributed by atoms with E-state index in [0.717, 1.165) is 42.6 Å². The average Bonchev–Trinajstić information content (AvgIpc) is 3.32. The third kappa shape index (κ3) is 6.73. The molecule has 0 aliphatic heterocycles. The highest BCUT2D eigenvalue weighted by Crippen LogP contribution is 2.21. The number of carbonyl (C=O) groups excluding carboxylic acids is 2. The number of benzene rings is 2. The first-order valence-electron chi connectivity index (χ1n) is 11.8. The van der Waals surface area contributed by atoms with Crippen LogP contribution in [-0.2, 0) is 16.1 Å². The maximum absolute atomic E-state index is 13.4. The van der Waals surface area contributed by atoms with Crippen LogP contribution < -0.4 is 14.8 Å². The third-order valence-corrected chi connectivity index (χ3v) is 6.42. The van der Waals surface area contributed by atoms with Crippen LogP contribution in [0.15, 0.2) is 42.5 Å². The van der Waals surface area contributed by atoms with Crippen LogP contribution in [0.5, 0.6) is 11.5 Å². The van der Waals surface area contributed by atoms with Gasteiger partial charge in [0.25, 0.3) is 5.91 Å². The summed E-state index contributed by atoms with van der Waals surface area (Å²) in [4.78, 5) is 28.2. The fourth-order valence-electron chi connectivity index (χ4n) is 4.29. The van der Waals surface area contributed by atoms with E-state index in [0.29, 0.717) is 18.7 Å². The van der Waals surface area contributed by atoms with Crippen molar-refractivity contribution in [1.82, 2.24) is 10.2 Å². The van der Waals surface area contributed by atoms with Gasteiger partial charge in [0, 0.05) is 12.6 Å². The lowest BCUT2D eigenvalue weighted by molar-refractivity contribution is -0.143. The van der Waals surface area contributed by atoms with Gasteiger partial charge in [0.05, 0.1) is 7.11 Å². The molecule has 0 bridgehead atoms. The van der Waals surface area contributed by atoms with Gasteiger partial charge in [-0.05, 0) is 74.1 Å². The maximum Gasteiger partial charge on any atom is 0.261 e. The molecule has 1 unspecified atom stereocenters. The molecule has 1 aliphatic rings. The van der Waals surface area contributed by atoms with Crippen LogP contribution in [0.3, 0.4) is 0 Å². The molecule has 0 saturated heterocycles. The van der Waals surface area contributed by atoms with E-state index in [9.17, 15) is 9.59 Å². The first kappa shape index (κ1) is 24.6. The SMILES string of the molecule is CCC(C(=O)NC1CCCC1)N(Cc1cccc(OC)c1)C(=O)COc1ccc(C)c(C)c1. The summed E-state index contributed by atoms with van der Waals surface area (Å²) in [6, 6.07) is 13.0. The van der Waals surface area contributed by atoms with Crippen molar-refractivity contribution in [2.45, 2.75) is 71.5 Å². The zero-order valence-corrected chi connectivity index (χ0v) is 20.2. The van der Waals surface area contributed by atoms with Crippen LogP contribution in [-0.4, -0.2) is 42.5 Å². The molecule has 33 heavy (non-hydrogen) atoms. The summed E-state index contributed by atoms with van der Waals surface area (Å²) in [7, 11) is 1.61. The fraction of sp³-hybridized carbons (Fsp3) is 0.481. The lowest BCUT2D eigenvalue weighted by atomic mass is 10.1. The standard InChI is InChI=1S/C27H36N2O4/c1-5-25(27(31)28-22-10-6-7-11-22)29(17-21-9-8-12-23(16-21)32-4)26(30)18-33-24-14-13-19(2)20(3)15-24/h8-9,12-16,22,25H,5-7,10-11,17-18H2,1-4H3,(H,28,31). The lowest BCUT2D eigenvalue weighted by Crippen LogP contribution is -2.52. The van der Waals surface area contributed by atoms with Crippen LogP contribution in [0.1, 0.15) is 55.7 Å². The van der Waals surface area contributed by atoms with E-state index in [-0.39, 0.29) is 24.5 Å². The van der Waals surface area contributed by atoms with Crippen molar-refractivity contribution in [3.8, 4) is 11.5 Å². The Morgan fingerprint density at radius 2 is 1.82 bits per heavy atom. The molecule has 0 spiro atoms.